The number of para-hydroxylation sites is 1. The summed E-state index contributed by atoms with van der Waals surface area (Å²) in [4.78, 5) is 29.4. The Morgan fingerprint density at radius 1 is 1.30 bits per heavy atom. The molecule has 1 amide bonds. The summed E-state index contributed by atoms with van der Waals surface area (Å²) >= 11 is 0. The number of carbonyl (C=O) groups excluding carboxylic acids is 2. The zero-order chi connectivity index (χ0) is 15.8. The predicted octanol–water partition coefficient (Wildman–Crippen LogP) is 1.57. The van der Waals surface area contributed by atoms with Crippen LogP contribution in [0.15, 0.2) is 30.3 Å². The van der Waals surface area contributed by atoms with E-state index in [4.69, 9.17) is 4.74 Å². The van der Waals surface area contributed by atoms with Crippen molar-refractivity contribution in [3.05, 3.63) is 30.3 Å². The van der Waals surface area contributed by atoms with Crippen LogP contribution in [0.25, 0.3) is 0 Å². The quantitative estimate of drug-likeness (QED) is 0.778. The molecule has 4 heterocycles. The first kappa shape index (κ1) is 13.5. The number of Topliss-reactive ketones (excluding diaryl/α,β-unsaturated/α-hetero) is 1. The van der Waals surface area contributed by atoms with E-state index in [1.807, 2.05) is 23.1 Å². The lowest BCUT2D eigenvalue weighted by molar-refractivity contribution is -0.149. The van der Waals surface area contributed by atoms with E-state index < -0.39 is 11.3 Å². The molecule has 0 aromatic heterocycles. The predicted molar refractivity (Wildman–Crippen MR) is 83.9 cm³/mol. The second-order valence-electron chi connectivity index (χ2n) is 7.24. The summed E-state index contributed by atoms with van der Waals surface area (Å²) in [7, 11) is 0. The molecule has 4 aliphatic rings. The minimum atomic E-state index is -1.20. The molecule has 120 valence electrons. The molecule has 4 fully saturated rings. The van der Waals surface area contributed by atoms with Crippen LogP contribution in [-0.2, 0) is 14.3 Å². The van der Waals surface area contributed by atoms with Gasteiger partial charge in [-0.2, -0.15) is 0 Å². The van der Waals surface area contributed by atoms with Crippen LogP contribution in [0.1, 0.15) is 26.2 Å². The number of anilines is 1. The number of ketones is 1. The molecule has 0 unspecified atom stereocenters. The SMILES string of the molecule is CC(=O)[C@@]12C[C@@H]3CN(c4ccccc4)[C@H]4CCCN(C1=O)[C@@]34O2. The fraction of sp³-hybridized carbons (Fsp3) is 0.556. The fourth-order valence-electron chi connectivity index (χ4n) is 5.34. The molecule has 0 saturated carbocycles. The molecule has 1 spiro atoms. The zero-order valence-corrected chi connectivity index (χ0v) is 13.2. The first-order valence-electron chi connectivity index (χ1n) is 8.44. The van der Waals surface area contributed by atoms with Crippen LogP contribution in [0.2, 0.25) is 0 Å². The third-order valence-electron chi connectivity index (χ3n) is 6.26. The second kappa shape index (κ2) is 4.15. The Kier molecular flexibility index (Phi) is 2.44. The van der Waals surface area contributed by atoms with Gasteiger partial charge in [-0.15, -0.1) is 0 Å². The zero-order valence-electron chi connectivity index (χ0n) is 13.2. The van der Waals surface area contributed by atoms with Gasteiger partial charge in [0, 0.05) is 31.1 Å². The van der Waals surface area contributed by atoms with Crippen LogP contribution in [-0.4, -0.2) is 47.0 Å². The molecule has 2 bridgehead atoms. The summed E-state index contributed by atoms with van der Waals surface area (Å²) in [5.41, 5.74) is -0.605. The number of nitrogens with zero attached hydrogens (tertiary/aromatic N) is 2. The third kappa shape index (κ3) is 1.38. The van der Waals surface area contributed by atoms with Crippen molar-refractivity contribution in [1.82, 2.24) is 4.90 Å². The largest absolute Gasteiger partial charge is 0.363 e. The molecule has 4 saturated heterocycles. The maximum absolute atomic E-state index is 12.9. The number of amides is 1. The van der Waals surface area contributed by atoms with Crippen molar-refractivity contribution in [2.45, 2.75) is 43.6 Å². The Balaban J connectivity index is 1.62. The van der Waals surface area contributed by atoms with Crippen LogP contribution in [0, 0.1) is 5.92 Å². The van der Waals surface area contributed by atoms with Gasteiger partial charge in [0.25, 0.3) is 5.91 Å². The minimum Gasteiger partial charge on any atom is -0.363 e. The van der Waals surface area contributed by atoms with Gasteiger partial charge < -0.3 is 14.5 Å². The maximum atomic E-state index is 12.9. The van der Waals surface area contributed by atoms with E-state index in [-0.39, 0.29) is 23.7 Å². The number of piperidine rings is 2. The molecule has 4 aliphatic heterocycles. The van der Waals surface area contributed by atoms with Gasteiger partial charge in [-0.1, -0.05) is 18.2 Å². The Morgan fingerprint density at radius 2 is 2.09 bits per heavy atom. The van der Waals surface area contributed by atoms with Gasteiger partial charge in [0.1, 0.15) is 0 Å². The number of hydrogen-bond acceptors (Lipinski definition) is 4. The van der Waals surface area contributed by atoms with E-state index in [1.54, 1.807) is 0 Å². The summed E-state index contributed by atoms with van der Waals surface area (Å²) < 4.78 is 6.35. The molecular formula is C18H20N2O3. The van der Waals surface area contributed by atoms with Crippen LogP contribution in [0.4, 0.5) is 5.69 Å². The summed E-state index contributed by atoms with van der Waals surface area (Å²) in [5.74, 6) is -0.0128. The average Bonchev–Trinajstić information content (AvgIpc) is 3.13. The first-order valence-corrected chi connectivity index (χ1v) is 8.44. The lowest BCUT2D eigenvalue weighted by Gasteiger charge is -2.45. The molecule has 0 radical (unpaired) electrons. The lowest BCUT2D eigenvalue weighted by atomic mass is 9.78. The highest BCUT2D eigenvalue weighted by atomic mass is 16.6. The van der Waals surface area contributed by atoms with Crippen molar-refractivity contribution in [3.8, 4) is 0 Å². The molecular weight excluding hydrogens is 292 g/mol. The van der Waals surface area contributed by atoms with E-state index in [0.717, 1.165) is 19.4 Å². The normalized spacial score (nSPS) is 40.7. The third-order valence-corrected chi connectivity index (χ3v) is 6.26. The van der Waals surface area contributed by atoms with Crippen molar-refractivity contribution < 1.29 is 14.3 Å². The Bertz CT molecular complexity index is 705. The number of ether oxygens (including phenoxy) is 1. The lowest BCUT2D eigenvalue weighted by Crippen LogP contribution is -2.62. The van der Waals surface area contributed by atoms with Gasteiger partial charge in [0.15, 0.2) is 11.5 Å². The number of fused-ring (bicyclic) bond motifs is 1. The smallest absolute Gasteiger partial charge is 0.265 e. The molecule has 0 aliphatic carbocycles. The highest BCUT2D eigenvalue weighted by molar-refractivity contribution is 6.11. The van der Waals surface area contributed by atoms with Gasteiger partial charge >= 0.3 is 0 Å². The van der Waals surface area contributed by atoms with Crippen molar-refractivity contribution in [2.24, 2.45) is 5.92 Å². The number of rotatable bonds is 2. The van der Waals surface area contributed by atoms with Gasteiger partial charge in [-0.3, -0.25) is 9.59 Å². The second-order valence-corrected chi connectivity index (χ2v) is 7.24. The van der Waals surface area contributed by atoms with Crippen LogP contribution < -0.4 is 4.90 Å². The standard InChI is InChI=1S/C18H20N2O3/c1-12(21)17-10-13-11-19(14-6-3-2-4-7-14)15-8-5-9-20(16(17)22)18(13,15)23-17/h2-4,6-7,13,15H,5,8-11H2,1H3/t13-,15+,17+,18-/m1/s1. The summed E-state index contributed by atoms with van der Waals surface area (Å²) in [5, 5.41) is 0. The summed E-state index contributed by atoms with van der Waals surface area (Å²) in [6, 6.07) is 10.5. The van der Waals surface area contributed by atoms with Gasteiger partial charge in [-0.05, 0) is 31.9 Å². The van der Waals surface area contributed by atoms with E-state index >= 15 is 0 Å². The number of carbonyl (C=O) groups is 2. The fourth-order valence-corrected chi connectivity index (χ4v) is 5.34. The van der Waals surface area contributed by atoms with E-state index in [1.165, 1.54) is 12.6 Å². The molecule has 1 aromatic rings. The van der Waals surface area contributed by atoms with Gasteiger partial charge in [0.05, 0.1) is 6.04 Å². The van der Waals surface area contributed by atoms with Crippen molar-refractivity contribution in [2.75, 3.05) is 18.0 Å². The Morgan fingerprint density at radius 3 is 2.83 bits per heavy atom. The summed E-state index contributed by atoms with van der Waals surface area (Å²) in [6.07, 6.45) is 2.51. The van der Waals surface area contributed by atoms with E-state index in [9.17, 15) is 9.59 Å². The minimum absolute atomic E-state index is 0.0964. The maximum Gasteiger partial charge on any atom is 0.265 e. The van der Waals surface area contributed by atoms with Gasteiger partial charge in [0.2, 0.25) is 5.60 Å². The molecule has 4 atom stereocenters. The van der Waals surface area contributed by atoms with Crippen LogP contribution in [0.5, 0.6) is 0 Å². The molecule has 23 heavy (non-hydrogen) atoms. The summed E-state index contributed by atoms with van der Waals surface area (Å²) in [6.45, 7) is 3.06. The van der Waals surface area contributed by atoms with E-state index in [0.29, 0.717) is 13.0 Å². The number of hydrogen-bond donors (Lipinski definition) is 0. The van der Waals surface area contributed by atoms with Crippen molar-refractivity contribution in [3.63, 3.8) is 0 Å². The first-order chi connectivity index (χ1) is 11.1. The molecule has 5 heteroatoms. The highest BCUT2D eigenvalue weighted by Crippen LogP contribution is 2.61. The van der Waals surface area contributed by atoms with Crippen molar-refractivity contribution >= 4 is 17.4 Å². The Hall–Kier alpha value is -1.88. The van der Waals surface area contributed by atoms with E-state index in [2.05, 4.69) is 17.0 Å². The Labute approximate surface area is 135 Å². The number of benzene rings is 1. The molecule has 5 rings (SSSR count). The average molecular weight is 312 g/mol. The molecule has 5 nitrogen and oxygen atoms in total. The highest BCUT2D eigenvalue weighted by Gasteiger charge is 2.78. The topological polar surface area (TPSA) is 49.9 Å². The van der Waals surface area contributed by atoms with Crippen LogP contribution >= 0.6 is 0 Å². The monoisotopic (exact) mass is 312 g/mol. The van der Waals surface area contributed by atoms with Gasteiger partial charge in [-0.25, -0.2) is 0 Å². The molecule has 0 N–H and O–H groups in total. The molecule has 1 aromatic carbocycles. The van der Waals surface area contributed by atoms with Crippen molar-refractivity contribution in [1.29, 1.82) is 0 Å². The van der Waals surface area contributed by atoms with Crippen LogP contribution in [0.3, 0.4) is 0 Å².